The van der Waals surface area contributed by atoms with Gasteiger partial charge < -0.3 is 15.2 Å². The van der Waals surface area contributed by atoms with Crippen molar-refractivity contribution in [3.05, 3.63) is 0 Å². The van der Waals surface area contributed by atoms with Gasteiger partial charge in [-0.05, 0) is 12.1 Å². The molecule has 1 unspecified atom stereocenters. The summed E-state index contributed by atoms with van der Waals surface area (Å²) in [5, 5.41) is 24.4. The van der Waals surface area contributed by atoms with Gasteiger partial charge in [0.15, 0.2) is 0 Å². The predicted molar refractivity (Wildman–Crippen MR) is 63.5 cm³/mol. The van der Waals surface area contributed by atoms with Crippen molar-refractivity contribution < 1.29 is 19.4 Å². The Balaban J connectivity index is 2.36. The van der Waals surface area contributed by atoms with E-state index in [-0.39, 0.29) is 18.9 Å². The van der Waals surface area contributed by atoms with Crippen molar-refractivity contribution in [2.75, 3.05) is 18.5 Å². The molecule has 0 saturated heterocycles. The smallest absolute Gasteiger partial charge is 0.321 e. The molecule has 0 spiro atoms. The highest BCUT2D eigenvalue weighted by Gasteiger charge is 2.15. The first-order valence-electron chi connectivity index (χ1n) is 5.63. The van der Waals surface area contributed by atoms with Gasteiger partial charge in [-0.2, -0.15) is 4.80 Å². The Kier molecular flexibility index (Phi) is 5.67. The lowest BCUT2D eigenvalue weighted by Gasteiger charge is -2.15. The van der Waals surface area contributed by atoms with Crippen molar-refractivity contribution in [2.24, 2.45) is 7.05 Å². The van der Waals surface area contributed by atoms with Crippen LogP contribution in [0.3, 0.4) is 0 Å². The number of nitrogens with one attached hydrogen (secondary N) is 2. The van der Waals surface area contributed by atoms with Crippen LogP contribution in [-0.4, -0.2) is 56.6 Å². The number of tetrazole rings is 1. The Morgan fingerprint density at radius 2 is 2.26 bits per heavy atom. The Morgan fingerprint density at radius 1 is 1.53 bits per heavy atom. The van der Waals surface area contributed by atoms with Crippen LogP contribution in [0.2, 0.25) is 0 Å². The standard InChI is InChI=1S/C9H16N6O4/c1-3-19-6(4-7(16)17)5-10-9(18)11-8-12-14-15(2)13-8/h6H,3-5H2,1-2H3,(H,16,17)(H2,10,11,13,18). The molecule has 1 aromatic heterocycles. The van der Waals surface area contributed by atoms with E-state index in [1.165, 1.54) is 4.80 Å². The van der Waals surface area contributed by atoms with E-state index in [9.17, 15) is 9.59 Å². The molecule has 1 rings (SSSR count). The molecule has 0 aliphatic heterocycles. The van der Waals surface area contributed by atoms with Crippen LogP contribution in [0, 0.1) is 0 Å². The molecule has 1 aromatic rings. The molecular weight excluding hydrogens is 256 g/mol. The van der Waals surface area contributed by atoms with Crippen molar-refractivity contribution in [3.63, 3.8) is 0 Å². The van der Waals surface area contributed by atoms with Crippen molar-refractivity contribution in [1.29, 1.82) is 0 Å². The van der Waals surface area contributed by atoms with Crippen LogP contribution >= 0.6 is 0 Å². The van der Waals surface area contributed by atoms with Gasteiger partial charge in [0.2, 0.25) is 0 Å². The number of aryl methyl sites for hydroxylation is 1. The van der Waals surface area contributed by atoms with Crippen molar-refractivity contribution >= 4 is 17.9 Å². The minimum Gasteiger partial charge on any atom is -0.481 e. The number of nitrogens with zero attached hydrogens (tertiary/aromatic N) is 4. The zero-order chi connectivity index (χ0) is 14.3. The van der Waals surface area contributed by atoms with Gasteiger partial charge in [-0.1, -0.05) is 5.10 Å². The summed E-state index contributed by atoms with van der Waals surface area (Å²) in [6.07, 6.45) is -0.764. The molecule has 0 radical (unpaired) electrons. The summed E-state index contributed by atoms with van der Waals surface area (Å²) in [5.74, 6) is -0.928. The second-order valence-electron chi connectivity index (χ2n) is 3.61. The fraction of sp³-hybridized carbons (Fsp3) is 0.667. The summed E-state index contributed by atoms with van der Waals surface area (Å²) in [5.41, 5.74) is 0. The maximum Gasteiger partial charge on any atom is 0.321 e. The fourth-order valence-corrected chi connectivity index (χ4v) is 1.31. The number of anilines is 1. The van der Waals surface area contributed by atoms with Gasteiger partial charge in [-0.3, -0.25) is 10.1 Å². The summed E-state index contributed by atoms with van der Waals surface area (Å²) < 4.78 is 5.19. The number of urea groups is 1. The topological polar surface area (TPSA) is 131 Å². The van der Waals surface area contributed by atoms with E-state index >= 15 is 0 Å². The average Bonchev–Trinajstić information content (AvgIpc) is 2.71. The van der Waals surface area contributed by atoms with Crippen LogP contribution in [0.1, 0.15) is 13.3 Å². The Morgan fingerprint density at radius 3 is 2.79 bits per heavy atom. The van der Waals surface area contributed by atoms with Crippen LogP contribution in [0.15, 0.2) is 0 Å². The van der Waals surface area contributed by atoms with E-state index in [1.807, 2.05) is 0 Å². The number of carboxylic acid groups (broad SMARTS) is 1. The molecule has 106 valence electrons. The minimum absolute atomic E-state index is 0.0613. The molecule has 0 saturated carbocycles. The first-order chi connectivity index (χ1) is 9.01. The number of hydrogen-bond donors (Lipinski definition) is 3. The highest BCUT2D eigenvalue weighted by atomic mass is 16.5. The monoisotopic (exact) mass is 272 g/mol. The Labute approximate surface area is 109 Å². The van der Waals surface area contributed by atoms with Gasteiger partial charge in [-0.25, -0.2) is 4.79 Å². The lowest BCUT2D eigenvalue weighted by molar-refractivity contribution is -0.140. The molecule has 10 nitrogen and oxygen atoms in total. The molecule has 0 bridgehead atoms. The SMILES string of the molecule is CCOC(CNC(=O)Nc1nnn(C)n1)CC(=O)O. The summed E-state index contributed by atoms with van der Waals surface area (Å²) >= 11 is 0. The van der Waals surface area contributed by atoms with Crippen LogP contribution in [-0.2, 0) is 16.6 Å². The summed E-state index contributed by atoms with van der Waals surface area (Å²) in [4.78, 5) is 23.3. The van der Waals surface area contributed by atoms with Crippen molar-refractivity contribution in [3.8, 4) is 0 Å². The zero-order valence-corrected chi connectivity index (χ0v) is 10.7. The van der Waals surface area contributed by atoms with Gasteiger partial charge in [0, 0.05) is 13.2 Å². The van der Waals surface area contributed by atoms with Crippen LogP contribution < -0.4 is 10.6 Å². The lowest BCUT2D eigenvalue weighted by atomic mass is 10.2. The number of carbonyl (C=O) groups is 2. The van der Waals surface area contributed by atoms with E-state index in [1.54, 1.807) is 14.0 Å². The summed E-state index contributed by atoms with van der Waals surface area (Å²) in [6.45, 7) is 2.19. The third kappa shape index (κ3) is 5.77. The Hall–Kier alpha value is -2.23. The largest absolute Gasteiger partial charge is 0.481 e. The number of hydrogen-bond acceptors (Lipinski definition) is 6. The number of aliphatic carboxylic acids is 1. The molecule has 0 aliphatic carbocycles. The highest BCUT2D eigenvalue weighted by molar-refractivity contribution is 5.87. The Bertz CT molecular complexity index is 434. The second kappa shape index (κ2) is 7.26. The van der Waals surface area contributed by atoms with E-state index < -0.39 is 18.1 Å². The van der Waals surface area contributed by atoms with Gasteiger partial charge in [0.05, 0.1) is 19.6 Å². The highest BCUT2D eigenvalue weighted by Crippen LogP contribution is 1.98. The number of rotatable bonds is 7. The maximum atomic E-state index is 11.5. The number of carboxylic acids is 1. The van der Waals surface area contributed by atoms with Crippen LogP contribution in [0.4, 0.5) is 10.7 Å². The molecule has 0 aromatic carbocycles. The van der Waals surface area contributed by atoms with E-state index in [4.69, 9.17) is 9.84 Å². The molecular formula is C9H16N6O4. The quantitative estimate of drug-likeness (QED) is 0.592. The molecule has 3 N–H and O–H groups in total. The number of aromatic nitrogens is 4. The number of amides is 2. The third-order valence-electron chi connectivity index (χ3n) is 2.03. The lowest BCUT2D eigenvalue weighted by Crippen LogP contribution is -2.37. The van der Waals surface area contributed by atoms with Gasteiger partial charge in [-0.15, -0.1) is 5.10 Å². The second-order valence-corrected chi connectivity index (χ2v) is 3.61. The maximum absolute atomic E-state index is 11.5. The zero-order valence-electron chi connectivity index (χ0n) is 10.7. The van der Waals surface area contributed by atoms with E-state index in [0.29, 0.717) is 6.61 Å². The van der Waals surface area contributed by atoms with Crippen LogP contribution in [0.25, 0.3) is 0 Å². The molecule has 10 heteroatoms. The first-order valence-corrected chi connectivity index (χ1v) is 5.63. The van der Waals surface area contributed by atoms with Gasteiger partial charge in [0.25, 0.3) is 5.95 Å². The van der Waals surface area contributed by atoms with E-state index in [0.717, 1.165) is 0 Å². The van der Waals surface area contributed by atoms with Crippen molar-refractivity contribution in [2.45, 2.75) is 19.4 Å². The molecule has 2 amide bonds. The summed E-state index contributed by atoms with van der Waals surface area (Å²) in [6, 6.07) is -0.553. The van der Waals surface area contributed by atoms with Gasteiger partial charge >= 0.3 is 12.0 Å². The third-order valence-corrected chi connectivity index (χ3v) is 2.03. The molecule has 1 heterocycles. The van der Waals surface area contributed by atoms with Crippen LogP contribution in [0.5, 0.6) is 0 Å². The fourth-order valence-electron chi connectivity index (χ4n) is 1.31. The molecule has 0 fully saturated rings. The molecule has 0 aliphatic rings. The van der Waals surface area contributed by atoms with Crippen molar-refractivity contribution in [1.82, 2.24) is 25.5 Å². The first kappa shape index (κ1) is 14.8. The van der Waals surface area contributed by atoms with Gasteiger partial charge in [0.1, 0.15) is 0 Å². The minimum atomic E-state index is -0.990. The normalized spacial score (nSPS) is 11.9. The van der Waals surface area contributed by atoms with E-state index in [2.05, 4.69) is 26.0 Å². The average molecular weight is 272 g/mol. The predicted octanol–water partition coefficient (Wildman–Crippen LogP) is -0.789. The molecule has 19 heavy (non-hydrogen) atoms. The summed E-state index contributed by atoms with van der Waals surface area (Å²) in [7, 11) is 1.56. The molecule has 1 atom stereocenters. The number of ether oxygens (including phenoxy) is 1. The number of carbonyl (C=O) groups excluding carboxylic acids is 1.